The van der Waals surface area contributed by atoms with Crippen LogP contribution in [0.25, 0.3) is 0 Å². The molecular formula is C22H29N3O2S. The van der Waals surface area contributed by atoms with Gasteiger partial charge in [-0.1, -0.05) is 42.5 Å². The Labute approximate surface area is 170 Å². The number of methoxy groups -OCH3 is 1. The summed E-state index contributed by atoms with van der Waals surface area (Å²) in [6.45, 7) is 2.58. The van der Waals surface area contributed by atoms with Crippen molar-refractivity contribution in [2.24, 2.45) is 4.99 Å². The lowest BCUT2D eigenvalue weighted by Gasteiger charge is -2.21. The first kappa shape index (κ1) is 20.4. The summed E-state index contributed by atoms with van der Waals surface area (Å²) in [4.78, 5) is 6.71. The first-order valence-corrected chi connectivity index (χ1v) is 11.2. The van der Waals surface area contributed by atoms with E-state index in [1.807, 2.05) is 49.5 Å². The molecule has 1 fully saturated rings. The Morgan fingerprint density at radius 1 is 1.21 bits per heavy atom. The van der Waals surface area contributed by atoms with Gasteiger partial charge in [-0.15, -0.1) is 0 Å². The number of benzene rings is 2. The zero-order valence-corrected chi connectivity index (χ0v) is 17.5. The molecule has 0 spiro atoms. The van der Waals surface area contributed by atoms with E-state index in [1.165, 1.54) is 5.56 Å². The van der Waals surface area contributed by atoms with Crippen LogP contribution in [0.1, 0.15) is 23.5 Å². The van der Waals surface area contributed by atoms with Crippen molar-refractivity contribution in [2.75, 3.05) is 39.5 Å². The third-order valence-corrected chi connectivity index (χ3v) is 6.38. The monoisotopic (exact) mass is 399 g/mol. The Balaban J connectivity index is 1.45. The van der Waals surface area contributed by atoms with E-state index < -0.39 is 10.8 Å². The number of aliphatic imine (C=N–C) groups is 1. The van der Waals surface area contributed by atoms with E-state index in [0.717, 1.165) is 36.8 Å². The van der Waals surface area contributed by atoms with Crippen molar-refractivity contribution >= 4 is 16.8 Å². The number of nitrogens with one attached hydrogen (secondary N) is 1. The summed E-state index contributed by atoms with van der Waals surface area (Å²) in [6, 6.07) is 18.3. The van der Waals surface area contributed by atoms with Crippen LogP contribution < -0.4 is 10.1 Å². The molecule has 150 valence electrons. The second-order valence-electron chi connectivity index (χ2n) is 6.95. The summed E-state index contributed by atoms with van der Waals surface area (Å²) in [5.41, 5.74) is 2.45. The first-order chi connectivity index (χ1) is 13.7. The van der Waals surface area contributed by atoms with Gasteiger partial charge in [-0.2, -0.15) is 0 Å². The van der Waals surface area contributed by atoms with Crippen LogP contribution in [0.2, 0.25) is 0 Å². The Kier molecular flexibility index (Phi) is 7.48. The molecule has 0 saturated carbocycles. The van der Waals surface area contributed by atoms with Gasteiger partial charge in [0.25, 0.3) is 0 Å². The second-order valence-corrected chi connectivity index (χ2v) is 8.53. The van der Waals surface area contributed by atoms with E-state index in [9.17, 15) is 4.21 Å². The summed E-state index contributed by atoms with van der Waals surface area (Å²) >= 11 is 0. The zero-order chi connectivity index (χ0) is 19.8. The average Bonchev–Trinajstić information content (AvgIpc) is 3.22. The van der Waals surface area contributed by atoms with Crippen LogP contribution in [0.3, 0.4) is 0 Å². The Morgan fingerprint density at radius 3 is 2.64 bits per heavy atom. The number of hydrogen-bond donors (Lipinski definition) is 1. The molecule has 1 aliphatic rings. The molecule has 1 aliphatic heterocycles. The molecule has 2 atom stereocenters. The molecule has 1 heterocycles. The third kappa shape index (κ3) is 5.58. The van der Waals surface area contributed by atoms with Crippen LogP contribution in [0.4, 0.5) is 0 Å². The molecule has 0 radical (unpaired) electrons. The zero-order valence-electron chi connectivity index (χ0n) is 16.6. The predicted octanol–water partition coefficient (Wildman–Crippen LogP) is 3.01. The molecule has 5 nitrogen and oxygen atoms in total. The Morgan fingerprint density at radius 2 is 1.96 bits per heavy atom. The van der Waals surface area contributed by atoms with E-state index in [2.05, 4.69) is 27.3 Å². The number of nitrogens with zero attached hydrogens (tertiary/aromatic N) is 2. The van der Waals surface area contributed by atoms with E-state index in [1.54, 1.807) is 7.11 Å². The van der Waals surface area contributed by atoms with Crippen LogP contribution >= 0.6 is 0 Å². The van der Waals surface area contributed by atoms with Gasteiger partial charge in [0.2, 0.25) is 0 Å². The fourth-order valence-corrected chi connectivity index (χ4v) is 4.58. The van der Waals surface area contributed by atoms with Crippen molar-refractivity contribution in [1.29, 1.82) is 0 Å². The van der Waals surface area contributed by atoms with Crippen molar-refractivity contribution in [3.05, 3.63) is 65.7 Å². The van der Waals surface area contributed by atoms with E-state index in [-0.39, 0.29) is 0 Å². The summed E-state index contributed by atoms with van der Waals surface area (Å²) in [7, 11) is 2.62. The van der Waals surface area contributed by atoms with Gasteiger partial charge in [-0.3, -0.25) is 9.20 Å². The SMILES string of the molecule is CN=C(NCCS(=O)Cc1ccccc1)N1CCC(c2ccc(OC)cc2)C1. The van der Waals surface area contributed by atoms with Crippen LogP contribution in [-0.4, -0.2) is 54.6 Å². The highest BCUT2D eigenvalue weighted by Gasteiger charge is 2.26. The molecule has 1 saturated heterocycles. The van der Waals surface area contributed by atoms with Gasteiger partial charge in [0.15, 0.2) is 5.96 Å². The molecule has 3 rings (SSSR count). The van der Waals surface area contributed by atoms with E-state index in [0.29, 0.717) is 24.0 Å². The highest BCUT2D eigenvalue weighted by atomic mass is 32.2. The number of guanidine groups is 1. The van der Waals surface area contributed by atoms with Gasteiger partial charge in [0.1, 0.15) is 5.75 Å². The molecular weight excluding hydrogens is 370 g/mol. The minimum absolute atomic E-state index is 0.497. The highest BCUT2D eigenvalue weighted by Crippen LogP contribution is 2.28. The van der Waals surface area contributed by atoms with Gasteiger partial charge in [0.05, 0.1) is 7.11 Å². The maximum absolute atomic E-state index is 12.3. The van der Waals surface area contributed by atoms with Crippen molar-refractivity contribution in [1.82, 2.24) is 10.2 Å². The van der Waals surface area contributed by atoms with Crippen molar-refractivity contribution in [2.45, 2.75) is 18.1 Å². The lowest BCUT2D eigenvalue weighted by atomic mass is 9.98. The second kappa shape index (κ2) is 10.3. The quantitative estimate of drug-likeness (QED) is 0.574. The maximum atomic E-state index is 12.3. The molecule has 0 bridgehead atoms. The largest absolute Gasteiger partial charge is 0.497 e. The number of likely N-dealkylation sites (tertiary alicyclic amines) is 1. The molecule has 0 aromatic heterocycles. The smallest absolute Gasteiger partial charge is 0.193 e. The third-order valence-electron chi connectivity index (χ3n) is 5.07. The minimum atomic E-state index is -0.879. The summed E-state index contributed by atoms with van der Waals surface area (Å²) < 4.78 is 17.5. The van der Waals surface area contributed by atoms with E-state index in [4.69, 9.17) is 4.74 Å². The lowest BCUT2D eigenvalue weighted by Crippen LogP contribution is -2.41. The first-order valence-electron chi connectivity index (χ1n) is 9.68. The van der Waals surface area contributed by atoms with Gasteiger partial charge in [0, 0.05) is 54.9 Å². The van der Waals surface area contributed by atoms with Gasteiger partial charge in [-0.25, -0.2) is 0 Å². The van der Waals surface area contributed by atoms with Crippen molar-refractivity contribution in [3.63, 3.8) is 0 Å². The molecule has 1 N–H and O–H groups in total. The van der Waals surface area contributed by atoms with Gasteiger partial charge >= 0.3 is 0 Å². The van der Waals surface area contributed by atoms with Crippen LogP contribution in [0, 0.1) is 0 Å². The molecule has 0 amide bonds. The number of hydrogen-bond acceptors (Lipinski definition) is 3. The van der Waals surface area contributed by atoms with Crippen molar-refractivity contribution in [3.8, 4) is 5.75 Å². The van der Waals surface area contributed by atoms with Gasteiger partial charge < -0.3 is 15.0 Å². The lowest BCUT2D eigenvalue weighted by molar-refractivity contribution is 0.414. The minimum Gasteiger partial charge on any atom is -0.497 e. The molecule has 2 aromatic carbocycles. The standard InChI is InChI=1S/C22H29N3O2S/c1-23-22(24-13-15-28(26)17-18-6-4-3-5-7-18)25-14-12-20(16-25)19-8-10-21(27-2)11-9-19/h3-11,20H,12-17H2,1-2H3,(H,23,24). The number of ether oxygens (including phenoxy) is 1. The van der Waals surface area contributed by atoms with Crippen LogP contribution in [0.5, 0.6) is 5.75 Å². The highest BCUT2D eigenvalue weighted by molar-refractivity contribution is 7.84. The molecule has 6 heteroatoms. The number of rotatable bonds is 7. The fraction of sp³-hybridized carbons (Fsp3) is 0.409. The van der Waals surface area contributed by atoms with Crippen LogP contribution in [0.15, 0.2) is 59.6 Å². The normalized spacial score (nSPS) is 18.1. The molecule has 2 unspecified atom stereocenters. The summed E-state index contributed by atoms with van der Waals surface area (Å²) in [5, 5.41) is 3.38. The predicted molar refractivity (Wildman–Crippen MR) is 116 cm³/mol. The van der Waals surface area contributed by atoms with E-state index >= 15 is 0 Å². The molecule has 2 aromatic rings. The maximum Gasteiger partial charge on any atom is 0.193 e. The van der Waals surface area contributed by atoms with Crippen molar-refractivity contribution < 1.29 is 8.95 Å². The summed E-state index contributed by atoms with van der Waals surface area (Å²) in [5.74, 6) is 3.50. The molecule has 0 aliphatic carbocycles. The van der Waals surface area contributed by atoms with Gasteiger partial charge in [-0.05, 0) is 29.7 Å². The Hall–Kier alpha value is -2.34. The summed E-state index contributed by atoms with van der Waals surface area (Å²) in [6.07, 6.45) is 1.10. The fourth-order valence-electron chi connectivity index (χ4n) is 3.54. The average molecular weight is 400 g/mol. The van der Waals surface area contributed by atoms with Crippen LogP contribution in [-0.2, 0) is 16.6 Å². The topological polar surface area (TPSA) is 53.9 Å². The molecule has 28 heavy (non-hydrogen) atoms. The Bertz CT molecular complexity index is 793.